The lowest BCUT2D eigenvalue weighted by Crippen LogP contribution is -2.47. The van der Waals surface area contributed by atoms with Gasteiger partial charge in [-0.1, -0.05) is 19.3 Å². The summed E-state index contributed by atoms with van der Waals surface area (Å²) in [6.07, 6.45) is 5.70. The lowest BCUT2D eigenvalue weighted by atomic mass is 9.98. The minimum absolute atomic E-state index is 0.0413. The first kappa shape index (κ1) is 17.4. The second-order valence-electron chi connectivity index (χ2n) is 6.04. The second kappa shape index (κ2) is 9.32. The Balaban J connectivity index is 2.12. The van der Waals surface area contributed by atoms with E-state index in [4.69, 9.17) is 4.74 Å². The third-order valence-electron chi connectivity index (χ3n) is 3.56. The van der Waals surface area contributed by atoms with Gasteiger partial charge in [-0.05, 0) is 33.6 Å². The molecule has 0 aliphatic heterocycles. The Morgan fingerprint density at radius 1 is 1.25 bits per heavy atom. The summed E-state index contributed by atoms with van der Waals surface area (Å²) in [7, 11) is 0. The van der Waals surface area contributed by atoms with E-state index >= 15 is 0 Å². The van der Waals surface area contributed by atoms with Crippen molar-refractivity contribution in [3.63, 3.8) is 0 Å². The van der Waals surface area contributed by atoms with Crippen molar-refractivity contribution >= 4 is 5.91 Å². The van der Waals surface area contributed by atoms with E-state index in [1.165, 1.54) is 19.3 Å². The zero-order valence-electron chi connectivity index (χ0n) is 13.0. The molecule has 0 radical (unpaired) electrons. The van der Waals surface area contributed by atoms with Crippen LogP contribution in [0.4, 0.5) is 0 Å². The van der Waals surface area contributed by atoms with Crippen molar-refractivity contribution in [3.05, 3.63) is 0 Å². The van der Waals surface area contributed by atoms with Gasteiger partial charge in [0.1, 0.15) is 0 Å². The van der Waals surface area contributed by atoms with Gasteiger partial charge in [-0.3, -0.25) is 4.79 Å². The van der Waals surface area contributed by atoms with E-state index in [1.54, 1.807) is 6.92 Å². The van der Waals surface area contributed by atoms with E-state index in [1.807, 2.05) is 13.8 Å². The predicted molar refractivity (Wildman–Crippen MR) is 79.6 cm³/mol. The number of nitrogens with one attached hydrogen (secondary N) is 2. The molecule has 1 aliphatic carbocycles. The van der Waals surface area contributed by atoms with Gasteiger partial charge in [0, 0.05) is 12.6 Å². The molecular weight excluding hydrogens is 256 g/mol. The third-order valence-corrected chi connectivity index (χ3v) is 3.56. The molecule has 0 aromatic carbocycles. The molecule has 0 aromatic heterocycles. The fourth-order valence-corrected chi connectivity index (χ4v) is 2.35. The SMILES string of the molecule is CC(C)NC(=O)C(C)NCC(O)COC1CCCCC1. The lowest BCUT2D eigenvalue weighted by molar-refractivity contribution is -0.123. The van der Waals surface area contributed by atoms with Crippen LogP contribution in [-0.2, 0) is 9.53 Å². The van der Waals surface area contributed by atoms with Gasteiger partial charge in [0.25, 0.3) is 0 Å². The molecule has 5 heteroatoms. The summed E-state index contributed by atoms with van der Waals surface area (Å²) >= 11 is 0. The largest absolute Gasteiger partial charge is 0.389 e. The molecule has 1 fully saturated rings. The lowest BCUT2D eigenvalue weighted by Gasteiger charge is -2.24. The highest BCUT2D eigenvalue weighted by molar-refractivity contribution is 5.81. The Bertz CT molecular complexity index is 278. The fourth-order valence-electron chi connectivity index (χ4n) is 2.35. The number of hydrogen-bond donors (Lipinski definition) is 3. The number of aliphatic hydroxyl groups is 1. The van der Waals surface area contributed by atoms with Crippen molar-refractivity contribution in [1.82, 2.24) is 10.6 Å². The monoisotopic (exact) mass is 286 g/mol. The molecule has 1 amide bonds. The maximum atomic E-state index is 11.7. The van der Waals surface area contributed by atoms with Crippen LogP contribution in [0.25, 0.3) is 0 Å². The number of carbonyl (C=O) groups is 1. The van der Waals surface area contributed by atoms with Crippen molar-refractivity contribution in [3.8, 4) is 0 Å². The number of rotatable bonds is 8. The van der Waals surface area contributed by atoms with E-state index in [2.05, 4.69) is 10.6 Å². The fraction of sp³-hybridized carbons (Fsp3) is 0.933. The highest BCUT2D eigenvalue weighted by Gasteiger charge is 2.17. The molecule has 2 atom stereocenters. The topological polar surface area (TPSA) is 70.6 Å². The van der Waals surface area contributed by atoms with Crippen molar-refractivity contribution in [1.29, 1.82) is 0 Å². The van der Waals surface area contributed by atoms with E-state index in [9.17, 15) is 9.90 Å². The second-order valence-corrected chi connectivity index (χ2v) is 6.04. The molecule has 0 aromatic rings. The van der Waals surface area contributed by atoms with Crippen LogP contribution in [0.2, 0.25) is 0 Å². The van der Waals surface area contributed by atoms with Crippen LogP contribution in [0.5, 0.6) is 0 Å². The van der Waals surface area contributed by atoms with Crippen LogP contribution in [0.3, 0.4) is 0 Å². The summed E-state index contributed by atoms with van der Waals surface area (Å²) < 4.78 is 5.71. The zero-order chi connectivity index (χ0) is 15.0. The highest BCUT2D eigenvalue weighted by Crippen LogP contribution is 2.20. The van der Waals surface area contributed by atoms with Gasteiger partial charge in [-0.2, -0.15) is 0 Å². The van der Waals surface area contributed by atoms with Crippen LogP contribution < -0.4 is 10.6 Å². The van der Waals surface area contributed by atoms with Gasteiger partial charge in [-0.25, -0.2) is 0 Å². The summed E-state index contributed by atoms with van der Waals surface area (Å²) in [4.78, 5) is 11.7. The van der Waals surface area contributed by atoms with Gasteiger partial charge >= 0.3 is 0 Å². The Hall–Kier alpha value is -0.650. The molecule has 1 saturated carbocycles. The molecule has 0 spiro atoms. The Labute approximate surface area is 122 Å². The zero-order valence-corrected chi connectivity index (χ0v) is 13.0. The van der Waals surface area contributed by atoms with Crippen LogP contribution in [0.15, 0.2) is 0 Å². The van der Waals surface area contributed by atoms with Gasteiger partial charge in [-0.15, -0.1) is 0 Å². The van der Waals surface area contributed by atoms with Crippen LogP contribution in [-0.4, -0.2) is 48.5 Å². The smallest absolute Gasteiger partial charge is 0.237 e. The summed E-state index contributed by atoms with van der Waals surface area (Å²) in [5.41, 5.74) is 0. The molecule has 20 heavy (non-hydrogen) atoms. The van der Waals surface area contributed by atoms with Crippen molar-refractivity contribution in [2.45, 2.75) is 77.2 Å². The molecule has 2 unspecified atom stereocenters. The average Bonchev–Trinajstić information content (AvgIpc) is 2.42. The molecular formula is C15H30N2O3. The average molecular weight is 286 g/mol. The Morgan fingerprint density at radius 2 is 1.90 bits per heavy atom. The Morgan fingerprint density at radius 3 is 2.50 bits per heavy atom. The van der Waals surface area contributed by atoms with Crippen molar-refractivity contribution in [2.24, 2.45) is 0 Å². The highest BCUT2D eigenvalue weighted by atomic mass is 16.5. The first-order valence-electron chi connectivity index (χ1n) is 7.82. The van der Waals surface area contributed by atoms with Crippen LogP contribution in [0.1, 0.15) is 52.9 Å². The normalized spacial score (nSPS) is 19.9. The summed E-state index contributed by atoms with van der Waals surface area (Å²) in [6, 6.07) is -0.173. The summed E-state index contributed by atoms with van der Waals surface area (Å²) in [6.45, 7) is 6.37. The number of amides is 1. The van der Waals surface area contributed by atoms with Crippen molar-refractivity contribution in [2.75, 3.05) is 13.2 Å². The molecule has 0 bridgehead atoms. The Kier molecular flexibility index (Phi) is 8.11. The van der Waals surface area contributed by atoms with Crippen molar-refractivity contribution < 1.29 is 14.6 Å². The van der Waals surface area contributed by atoms with Crippen LogP contribution in [0, 0.1) is 0 Å². The van der Waals surface area contributed by atoms with E-state index < -0.39 is 6.10 Å². The number of ether oxygens (including phenoxy) is 1. The maximum absolute atomic E-state index is 11.7. The molecule has 1 aliphatic rings. The maximum Gasteiger partial charge on any atom is 0.237 e. The van der Waals surface area contributed by atoms with Gasteiger partial charge < -0.3 is 20.5 Å². The predicted octanol–water partition coefficient (Wildman–Crippen LogP) is 1.20. The van der Waals surface area contributed by atoms with Gasteiger partial charge in [0.15, 0.2) is 0 Å². The standard InChI is InChI=1S/C15H30N2O3/c1-11(2)17-15(19)12(3)16-9-13(18)10-20-14-7-5-4-6-8-14/h11-14,16,18H,4-10H2,1-3H3,(H,17,19). The molecule has 0 heterocycles. The third kappa shape index (κ3) is 7.22. The summed E-state index contributed by atoms with van der Waals surface area (Å²) in [5, 5.41) is 15.7. The van der Waals surface area contributed by atoms with Gasteiger partial charge in [0.2, 0.25) is 5.91 Å². The minimum Gasteiger partial charge on any atom is -0.389 e. The molecule has 5 nitrogen and oxygen atoms in total. The minimum atomic E-state index is -0.564. The first-order valence-corrected chi connectivity index (χ1v) is 7.82. The number of hydrogen-bond acceptors (Lipinski definition) is 4. The molecule has 3 N–H and O–H groups in total. The van der Waals surface area contributed by atoms with Crippen LogP contribution >= 0.6 is 0 Å². The first-order chi connectivity index (χ1) is 9.49. The van der Waals surface area contributed by atoms with E-state index in [0.29, 0.717) is 19.3 Å². The quantitative estimate of drug-likeness (QED) is 0.627. The van der Waals surface area contributed by atoms with E-state index in [-0.39, 0.29) is 18.0 Å². The molecule has 118 valence electrons. The number of carbonyl (C=O) groups excluding carboxylic acids is 1. The summed E-state index contributed by atoms with van der Waals surface area (Å²) in [5.74, 6) is -0.0413. The molecule has 0 saturated heterocycles. The molecule has 1 rings (SSSR count). The number of aliphatic hydroxyl groups excluding tert-OH is 1. The van der Waals surface area contributed by atoms with Gasteiger partial charge in [0.05, 0.1) is 24.9 Å². The van der Waals surface area contributed by atoms with E-state index in [0.717, 1.165) is 12.8 Å².